The molecule has 0 fully saturated rings. The van der Waals surface area contributed by atoms with Crippen LogP contribution in [-0.4, -0.2) is 15.4 Å². The Bertz CT molecular complexity index is 1090. The maximum Gasteiger partial charge on any atom is 0.319 e. The number of rotatable bonds is 4. The summed E-state index contributed by atoms with van der Waals surface area (Å²) >= 11 is 7.59. The molecule has 2 N–H and O–H groups in total. The molecule has 0 atom stereocenters. The lowest BCUT2D eigenvalue weighted by molar-refractivity contribution is 0.251. The predicted molar refractivity (Wildman–Crippen MR) is 111 cm³/mol. The van der Waals surface area contributed by atoms with E-state index < -0.39 is 0 Å². The van der Waals surface area contributed by atoms with E-state index in [1.165, 1.54) is 4.88 Å². The van der Waals surface area contributed by atoms with E-state index in [4.69, 9.17) is 11.6 Å². The van der Waals surface area contributed by atoms with E-state index in [1.807, 2.05) is 34.9 Å². The number of carbonyl (C=O) groups excluding carboxylic acids is 1. The molecule has 0 aliphatic carbocycles. The molecule has 2 heterocycles. The van der Waals surface area contributed by atoms with Gasteiger partial charge in [0.25, 0.3) is 0 Å². The van der Waals surface area contributed by atoms with Crippen molar-refractivity contribution in [2.45, 2.75) is 13.5 Å². The fourth-order valence-corrected chi connectivity index (χ4v) is 3.81. The van der Waals surface area contributed by atoms with Crippen LogP contribution in [-0.2, 0) is 6.54 Å². The minimum Gasteiger partial charge on any atom is -0.334 e. The van der Waals surface area contributed by atoms with E-state index in [1.54, 1.807) is 35.6 Å². The summed E-state index contributed by atoms with van der Waals surface area (Å²) in [6.07, 6.45) is 4.10. The number of amides is 2. The van der Waals surface area contributed by atoms with Gasteiger partial charge in [0.2, 0.25) is 0 Å². The third-order valence-corrected chi connectivity index (χ3v) is 5.18. The molecule has 2 aromatic carbocycles. The van der Waals surface area contributed by atoms with Crippen molar-refractivity contribution in [2.75, 3.05) is 5.32 Å². The maximum absolute atomic E-state index is 12.1. The molecule has 5 nitrogen and oxygen atoms in total. The van der Waals surface area contributed by atoms with E-state index in [9.17, 15) is 4.79 Å². The molecule has 0 aliphatic rings. The minimum absolute atomic E-state index is 0.277. The molecular formula is C20H17ClN4OS. The topological polar surface area (TPSA) is 58.4 Å². The summed E-state index contributed by atoms with van der Waals surface area (Å²) in [5.41, 5.74) is 3.60. The molecule has 27 heavy (non-hydrogen) atoms. The van der Waals surface area contributed by atoms with Crippen LogP contribution < -0.4 is 10.6 Å². The van der Waals surface area contributed by atoms with Crippen molar-refractivity contribution in [3.8, 4) is 11.3 Å². The monoisotopic (exact) mass is 396 g/mol. The Morgan fingerprint density at radius 2 is 2.04 bits per heavy atom. The van der Waals surface area contributed by atoms with Crippen LogP contribution in [0.1, 0.15) is 10.4 Å². The highest BCUT2D eigenvalue weighted by Crippen LogP contribution is 2.24. The number of imidazole rings is 1. The molecule has 0 spiro atoms. The number of aryl methyl sites for hydroxylation is 1. The summed E-state index contributed by atoms with van der Waals surface area (Å²) in [6, 6.07) is 14.8. The van der Waals surface area contributed by atoms with Crippen LogP contribution >= 0.6 is 22.9 Å². The number of benzene rings is 2. The highest BCUT2D eigenvalue weighted by Gasteiger charge is 2.08. The van der Waals surface area contributed by atoms with Gasteiger partial charge in [0.1, 0.15) is 0 Å². The van der Waals surface area contributed by atoms with E-state index in [2.05, 4.69) is 28.7 Å². The summed E-state index contributed by atoms with van der Waals surface area (Å²) in [5, 5.41) is 6.21. The lowest BCUT2D eigenvalue weighted by Crippen LogP contribution is -2.28. The highest BCUT2D eigenvalue weighted by molar-refractivity contribution is 7.17. The van der Waals surface area contributed by atoms with Gasteiger partial charge in [-0.05, 0) is 36.8 Å². The molecule has 2 amide bonds. The molecule has 0 saturated heterocycles. The van der Waals surface area contributed by atoms with Crippen molar-refractivity contribution in [3.05, 3.63) is 76.4 Å². The number of halogens is 1. The second kappa shape index (κ2) is 7.42. The van der Waals surface area contributed by atoms with Gasteiger partial charge in [0, 0.05) is 40.1 Å². The number of thiazole rings is 1. The standard InChI is InChI=1S/C20H17ClN4OS/c1-13-11-25-12-18(24-20(25)27-13)15-5-2-4-14(8-15)10-22-19(26)23-17-7-3-6-16(21)9-17/h2-9,11-12H,10H2,1H3,(H2,22,23,26). The van der Waals surface area contributed by atoms with Gasteiger partial charge in [-0.1, -0.05) is 35.9 Å². The summed E-state index contributed by atoms with van der Waals surface area (Å²) in [6.45, 7) is 2.49. The highest BCUT2D eigenvalue weighted by atomic mass is 35.5. The third-order valence-electron chi connectivity index (χ3n) is 4.03. The molecule has 0 saturated carbocycles. The first-order valence-electron chi connectivity index (χ1n) is 8.42. The van der Waals surface area contributed by atoms with Crippen molar-refractivity contribution >= 4 is 39.6 Å². The van der Waals surface area contributed by atoms with Crippen molar-refractivity contribution in [3.63, 3.8) is 0 Å². The van der Waals surface area contributed by atoms with Crippen LogP contribution in [0.15, 0.2) is 60.9 Å². The molecule has 7 heteroatoms. The van der Waals surface area contributed by atoms with Gasteiger partial charge in [-0.15, -0.1) is 11.3 Å². The average molecular weight is 397 g/mol. The van der Waals surface area contributed by atoms with E-state index in [-0.39, 0.29) is 6.03 Å². The lowest BCUT2D eigenvalue weighted by atomic mass is 10.1. The first-order valence-corrected chi connectivity index (χ1v) is 9.61. The largest absolute Gasteiger partial charge is 0.334 e. The van der Waals surface area contributed by atoms with Crippen LogP contribution in [0.25, 0.3) is 16.2 Å². The molecule has 4 rings (SSSR count). The normalized spacial score (nSPS) is 10.9. The molecular weight excluding hydrogens is 380 g/mol. The lowest BCUT2D eigenvalue weighted by Gasteiger charge is -2.08. The maximum atomic E-state index is 12.1. The molecule has 4 aromatic rings. The van der Waals surface area contributed by atoms with E-state index in [0.29, 0.717) is 17.3 Å². The zero-order valence-electron chi connectivity index (χ0n) is 14.6. The van der Waals surface area contributed by atoms with Gasteiger partial charge in [-0.25, -0.2) is 9.78 Å². The molecule has 136 valence electrons. The van der Waals surface area contributed by atoms with Gasteiger partial charge in [0.05, 0.1) is 5.69 Å². The molecule has 0 radical (unpaired) electrons. The number of nitrogens with one attached hydrogen (secondary N) is 2. The summed E-state index contributed by atoms with van der Waals surface area (Å²) in [7, 11) is 0. The predicted octanol–water partition coefficient (Wildman–Crippen LogP) is 5.35. The van der Waals surface area contributed by atoms with Crippen molar-refractivity contribution in [1.29, 1.82) is 0 Å². The molecule has 0 unspecified atom stereocenters. The Balaban J connectivity index is 1.43. The fourth-order valence-electron chi connectivity index (χ4n) is 2.81. The molecule has 2 aromatic heterocycles. The van der Waals surface area contributed by atoms with Crippen molar-refractivity contribution < 1.29 is 4.79 Å². The van der Waals surface area contributed by atoms with E-state index >= 15 is 0 Å². The smallest absolute Gasteiger partial charge is 0.319 e. The fraction of sp³-hybridized carbons (Fsp3) is 0.100. The SMILES string of the molecule is Cc1cn2cc(-c3cccc(CNC(=O)Nc4cccc(Cl)c4)c3)nc2s1. The third kappa shape index (κ3) is 4.13. The Kier molecular flexibility index (Phi) is 4.83. The zero-order chi connectivity index (χ0) is 18.8. The number of carbonyl (C=O) groups is 1. The number of fused-ring (bicyclic) bond motifs is 1. The number of anilines is 1. The van der Waals surface area contributed by atoms with Gasteiger partial charge in [0.15, 0.2) is 4.96 Å². The Hall–Kier alpha value is -2.83. The average Bonchev–Trinajstić information content (AvgIpc) is 3.18. The van der Waals surface area contributed by atoms with Gasteiger partial charge >= 0.3 is 6.03 Å². The summed E-state index contributed by atoms with van der Waals surface area (Å²) < 4.78 is 2.04. The van der Waals surface area contributed by atoms with Gasteiger partial charge < -0.3 is 10.6 Å². The number of hydrogen-bond donors (Lipinski definition) is 2. The second-order valence-electron chi connectivity index (χ2n) is 6.18. The number of urea groups is 1. The number of hydrogen-bond acceptors (Lipinski definition) is 3. The number of aromatic nitrogens is 2. The van der Waals surface area contributed by atoms with Crippen LogP contribution in [0.3, 0.4) is 0 Å². The van der Waals surface area contributed by atoms with E-state index in [0.717, 1.165) is 21.8 Å². The Morgan fingerprint density at radius 1 is 1.19 bits per heavy atom. The Morgan fingerprint density at radius 3 is 2.85 bits per heavy atom. The first-order chi connectivity index (χ1) is 13.1. The Labute approximate surface area is 165 Å². The molecule has 0 bridgehead atoms. The van der Waals surface area contributed by atoms with Crippen LogP contribution in [0.2, 0.25) is 5.02 Å². The first kappa shape index (κ1) is 17.6. The summed E-state index contributed by atoms with van der Waals surface area (Å²) in [5.74, 6) is 0. The van der Waals surface area contributed by atoms with Crippen molar-refractivity contribution in [2.24, 2.45) is 0 Å². The molecule has 0 aliphatic heterocycles. The van der Waals surface area contributed by atoms with Crippen LogP contribution in [0.5, 0.6) is 0 Å². The minimum atomic E-state index is -0.277. The zero-order valence-corrected chi connectivity index (χ0v) is 16.1. The van der Waals surface area contributed by atoms with Crippen molar-refractivity contribution in [1.82, 2.24) is 14.7 Å². The number of nitrogens with zero attached hydrogens (tertiary/aromatic N) is 2. The second-order valence-corrected chi connectivity index (χ2v) is 7.83. The van der Waals surface area contributed by atoms with Crippen LogP contribution in [0.4, 0.5) is 10.5 Å². The quantitative estimate of drug-likeness (QED) is 0.488. The summed E-state index contributed by atoms with van der Waals surface area (Å²) in [4.78, 5) is 19.0. The van der Waals surface area contributed by atoms with Crippen LogP contribution in [0, 0.1) is 6.92 Å². The van der Waals surface area contributed by atoms with Gasteiger partial charge in [-0.3, -0.25) is 4.40 Å². The van der Waals surface area contributed by atoms with Gasteiger partial charge in [-0.2, -0.15) is 0 Å².